The molecule has 0 unspecified atom stereocenters. The number of nitrogens with one attached hydrogen (secondary N) is 1. The molecule has 0 aliphatic carbocycles. The second kappa shape index (κ2) is 16.0. The third-order valence-corrected chi connectivity index (χ3v) is 10.5. The van der Waals surface area contributed by atoms with Crippen molar-refractivity contribution in [2.24, 2.45) is 0 Å². The second-order valence-corrected chi connectivity index (χ2v) is 14.2. The number of benzene rings is 4. The van der Waals surface area contributed by atoms with E-state index in [1.54, 1.807) is 36.4 Å². The zero-order valence-electron chi connectivity index (χ0n) is 25.2. The molecule has 2 atom stereocenters. The Morgan fingerprint density at radius 1 is 0.783 bits per heavy atom. The van der Waals surface area contributed by atoms with Gasteiger partial charge in [0, 0.05) is 24.0 Å². The van der Waals surface area contributed by atoms with Crippen molar-refractivity contribution < 1.29 is 18.0 Å². The molecule has 242 valence electrons. The van der Waals surface area contributed by atoms with Crippen molar-refractivity contribution in [3.63, 3.8) is 0 Å². The number of amides is 2. The quantitative estimate of drug-likeness (QED) is 0.152. The van der Waals surface area contributed by atoms with Crippen LogP contribution in [0.3, 0.4) is 0 Å². The first-order valence-electron chi connectivity index (χ1n) is 14.5. The molecule has 0 heterocycles. The minimum Gasteiger partial charge on any atom is -0.352 e. The number of carbonyl (C=O) groups excluding carboxylic acids is 2. The van der Waals surface area contributed by atoms with Crippen molar-refractivity contribution in [2.75, 3.05) is 10.8 Å². The van der Waals surface area contributed by atoms with E-state index in [1.165, 1.54) is 35.2 Å². The van der Waals surface area contributed by atoms with Crippen molar-refractivity contribution in [3.8, 4) is 0 Å². The first-order valence-corrected chi connectivity index (χ1v) is 17.5. The predicted molar refractivity (Wildman–Crippen MR) is 186 cm³/mol. The number of carbonyl (C=O) groups is 2. The van der Waals surface area contributed by atoms with Crippen LogP contribution in [0.25, 0.3) is 0 Å². The Morgan fingerprint density at radius 2 is 1.41 bits per heavy atom. The van der Waals surface area contributed by atoms with Gasteiger partial charge in [0.1, 0.15) is 12.6 Å². The summed E-state index contributed by atoms with van der Waals surface area (Å²) in [6, 6.07) is 25.1. The Labute approximate surface area is 290 Å². The van der Waals surface area contributed by atoms with Gasteiger partial charge in [0.05, 0.1) is 25.7 Å². The normalized spacial score (nSPS) is 12.7. The third kappa shape index (κ3) is 8.96. The van der Waals surface area contributed by atoms with Gasteiger partial charge in [-0.2, -0.15) is 0 Å². The van der Waals surface area contributed by atoms with Crippen molar-refractivity contribution >= 4 is 73.9 Å². The highest BCUT2D eigenvalue weighted by Crippen LogP contribution is 2.33. The van der Waals surface area contributed by atoms with E-state index in [0.29, 0.717) is 17.0 Å². The van der Waals surface area contributed by atoms with E-state index < -0.39 is 28.5 Å². The van der Waals surface area contributed by atoms with Crippen molar-refractivity contribution in [1.29, 1.82) is 0 Å². The van der Waals surface area contributed by atoms with Crippen LogP contribution in [0.4, 0.5) is 5.69 Å². The lowest BCUT2D eigenvalue weighted by molar-refractivity contribution is -0.140. The molecule has 0 aliphatic rings. The summed E-state index contributed by atoms with van der Waals surface area (Å²) in [7, 11) is -4.33. The van der Waals surface area contributed by atoms with Crippen LogP contribution in [0.2, 0.25) is 20.1 Å². The Morgan fingerprint density at radius 3 is 2.04 bits per heavy atom. The van der Waals surface area contributed by atoms with Gasteiger partial charge in [-0.15, -0.1) is 0 Å². The SMILES string of the molecule is CC[C@@H](C)NC(=O)[C@@H](Cc1ccccc1)N(Cc1ccc(Cl)c(Cl)c1)C(=O)CN(c1cc(Cl)ccc1Cl)S(=O)(=O)c1ccccc1. The van der Waals surface area contributed by atoms with Gasteiger partial charge in [0.25, 0.3) is 10.0 Å². The predicted octanol–water partition coefficient (Wildman–Crippen LogP) is 8.05. The number of hydrogen-bond acceptors (Lipinski definition) is 4. The lowest BCUT2D eigenvalue weighted by Gasteiger charge is -2.34. The van der Waals surface area contributed by atoms with E-state index in [1.807, 2.05) is 44.2 Å². The first-order chi connectivity index (χ1) is 21.9. The molecular formula is C34H33Cl4N3O4S. The van der Waals surface area contributed by atoms with Gasteiger partial charge in [-0.05, 0) is 66.9 Å². The monoisotopic (exact) mass is 719 g/mol. The molecule has 0 radical (unpaired) electrons. The molecule has 0 saturated heterocycles. The molecule has 0 fully saturated rings. The molecule has 2 amide bonds. The van der Waals surface area contributed by atoms with Gasteiger partial charge in [-0.25, -0.2) is 8.42 Å². The number of sulfonamides is 1. The fourth-order valence-corrected chi connectivity index (χ4v) is 6.94. The number of rotatable bonds is 13. The first kappa shape index (κ1) is 35.6. The summed E-state index contributed by atoms with van der Waals surface area (Å²) in [4.78, 5) is 29.8. The molecule has 4 aromatic carbocycles. The molecule has 4 aromatic rings. The minimum atomic E-state index is -4.33. The van der Waals surface area contributed by atoms with Crippen LogP contribution >= 0.6 is 46.4 Å². The number of nitrogens with zero attached hydrogens (tertiary/aromatic N) is 2. The topological polar surface area (TPSA) is 86.8 Å². The molecular weight excluding hydrogens is 688 g/mol. The van der Waals surface area contributed by atoms with Crippen molar-refractivity contribution in [1.82, 2.24) is 10.2 Å². The molecule has 0 saturated carbocycles. The maximum Gasteiger partial charge on any atom is 0.264 e. The molecule has 0 bridgehead atoms. The lowest BCUT2D eigenvalue weighted by atomic mass is 10.0. The maximum absolute atomic E-state index is 14.6. The zero-order valence-corrected chi connectivity index (χ0v) is 29.0. The van der Waals surface area contributed by atoms with E-state index in [2.05, 4.69) is 5.32 Å². The summed E-state index contributed by atoms with van der Waals surface area (Å²) < 4.78 is 29.2. The highest BCUT2D eigenvalue weighted by atomic mass is 35.5. The number of anilines is 1. The highest BCUT2D eigenvalue weighted by molar-refractivity contribution is 7.92. The average Bonchev–Trinajstić information content (AvgIpc) is 3.05. The summed E-state index contributed by atoms with van der Waals surface area (Å²) in [5.74, 6) is -1.04. The summed E-state index contributed by atoms with van der Waals surface area (Å²) in [5, 5.41) is 3.90. The summed E-state index contributed by atoms with van der Waals surface area (Å²) in [5.41, 5.74) is 1.42. The van der Waals surface area contributed by atoms with Crippen LogP contribution in [0.1, 0.15) is 31.4 Å². The molecule has 0 aliphatic heterocycles. The second-order valence-electron chi connectivity index (χ2n) is 10.7. The van der Waals surface area contributed by atoms with Crippen LogP contribution in [0.5, 0.6) is 0 Å². The summed E-state index contributed by atoms with van der Waals surface area (Å²) in [6.07, 6.45) is 0.834. The fraction of sp³-hybridized carbons (Fsp3) is 0.235. The number of halogens is 4. The van der Waals surface area contributed by atoms with Gasteiger partial charge in [0.15, 0.2) is 0 Å². The summed E-state index contributed by atoms with van der Waals surface area (Å²) in [6.45, 7) is 3.07. The minimum absolute atomic E-state index is 0.0181. The van der Waals surface area contributed by atoms with E-state index >= 15 is 0 Å². The molecule has 12 heteroatoms. The molecule has 7 nitrogen and oxygen atoms in total. The molecule has 4 rings (SSSR count). The van der Waals surface area contributed by atoms with Crippen LogP contribution in [0.15, 0.2) is 102 Å². The van der Waals surface area contributed by atoms with Crippen LogP contribution < -0.4 is 9.62 Å². The van der Waals surface area contributed by atoms with Gasteiger partial charge in [0.2, 0.25) is 11.8 Å². The molecule has 0 spiro atoms. The molecule has 0 aromatic heterocycles. The standard InChI is InChI=1S/C34H33Cl4N3O4S/c1-3-23(2)39-34(43)32(19-24-10-6-4-7-11-24)40(21-25-14-16-28(36)30(38)18-25)33(42)22-41(31-20-26(35)15-17-29(31)37)46(44,45)27-12-8-5-9-13-27/h4-18,20,23,32H,3,19,21-22H2,1-2H3,(H,39,43)/t23-,32-/m1/s1. The lowest BCUT2D eigenvalue weighted by Crippen LogP contribution is -2.54. The molecule has 46 heavy (non-hydrogen) atoms. The Bertz CT molecular complexity index is 1780. The van der Waals surface area contributed by atoms with Gasteiger partial charge in [-0.1, -0.05) is 108 Å². The van der Waals surface area contributed by atoms with E-state index in [0.717, 1.165) is 9.87 Å². The Hall–Kier alpha value is -3.27. The number of hydrogen-bond donors (Lipinski definition) is 1. The van der Waals surface area contributed by atoms with Crippen molar-refractivity contribution in [3.05, 3.63) is 128 Å². The maximum atomic E-state index is 14.6. The van der Waals surface area contributed by atoms with E-state index in [4.69, 9.17) is 46.4 Å². The summed E-state index contributed by atoms with van der Waals surface area (Å²) >= 11 is 25.3. The highest BCUT2D eigenvalue weighted by Gasteiger charge is 2.35. The Balaban J connectivity index is 1.85. The van der Waals surface area contributed by atoms with Crippen molar-refractivity contribution in [2.45, 2.75) is 50.2 Å². The Kier molecular flexibility index (Phi) is 12.4. The molecule has 1 N–H and O–H groups in total. The van der Waals surface area contributed by atoms with Gasteiger partial charge < -0.3 is 10.2 Å². The van der Waals surface area contributed by atoms with Gasteiger partial charge >= 0.3 is 0 Å². The van der Waals surface area contributed by atoms with Crippen LogP contribution in [0, 0.1) is 0 Å². The fourth-order valence-electron chi connectivity index (χ4n) is 4.74. The zero-order chi connectivity index (χ0) is 33.4. The third-order valence-electron chi connectivity index (χ3n) is 7.40. The van der Waals surface area contributed by atoms with Gasteiger partial charge in [-0.3, -0.25) is 13.9 Å². The average molecular weight is 722 g/mol. The van der Waals surface area contributed by atoms with E-state index in [9.17, 15) is 18.0 Å². The van der Waals surface area contributed by atoms with E-state index in [-0.39, 0.29) is 50.6 Å². The van der Waals surface area contributed by atoms with Crippen LogP contribution in [-0.2, 0) is 32.6 Å². The smallest absolute Gasteiger partial charge is 0.264 e. The van der Waals surface area contributed by atoms with Crippen LogP contribution in [-0.4, -0.2) is 43.8 Å². The largest absolute Gasteiger partial charge is 0.352 e.